The number of hydrogen-bond donors (Lipinski definition) is 2. The number of para-hydroxylation sites is 1. The average Bonchev–Trinajstić information content (AvgIpc) is 3.23. The molecule has 0 saturated carbocycles. The summed E-state index contributed by atoms with van der Waals surface area (Å²) < 4.78 is 30.8. The van der Waals surface area contributed by atoms with Gasteiger partial charge in [-0.05, 0) is 24.5 Å². The van der Waals surface area contributed by atoms with Gasteiger partial charge in [-0.3, -0.25) is 4.79 Å². The average molecular weight is 379 g/mol. The molecule has 1 saturated heterocycles. The predicted molar refractivity (Wildman–Crippen MR) is 100 cm³/mol. The van der Waals surface area contributed by atoms with Crippen LogP contribution >= 0.6 is 0 Å². The van der Waals surface area contributed by atoms with Gasteiger partial charge in [0.05, 0.1) is 18.8 Å². The zero-order valence-corrected chi connectivity index (χ0v) is 15.7. The second-order valence-electron chi connectivity index (χ2n) is 6.64. The Bertz CT molecular complexity index is 856. The lowest BCUT2D eigenvalue weighted by Gasteiger charge is -2.23. The molecule has 2 aromatic rings. The molecule has 1 amide bonds. The van der Waals surface area contributed by atoms with Gasteiger partial charge in [0.25, 0.3) is 0 Å². The highest BCUT2D eigenvalue weighted by molar-refractivity contribution is 7.88. The molecule has 7 nitrogen and oxygen atoms in total. The fraction of sp³-hybridized carbons (Fsp3) is 0.500. The number of fused-ring (bicyclic) bond motifs is 1. The van der Waals surface area contributed by atoms with Crippen LogP contribution in [0.25, 0.3) is 10.9 Å². The van der Waals surface area contributed by atoms with E-state index in [1.54, 1.807) is 0 Å². The van der Waals surface area contributed by atoms with Crippen LogP contribution in [0.5, 0.6) is 0 Å². The van der Waals surface area contributed by atoms with E-state index >= 15 is 0 Å². The molecule has 142 valence electrons. The summed E-state index contributed by atoms with van der Waals surface area (Å²) in [5.41, 5.74) is 1.92. The third-order valence-corrected chi connectivity index (χ3v) is 5.88. The van der Waals surface area contributed by atoms with Crippen molar-refractivity contribution in [2.24, 2.45) is 0 Å². The summed E-state index contributed by atoms with van der Waals surface area (Å²) in [6.45, 7) is 1.56. The van der Waals surface area contributed by atoms with Gasteiger partial charge >= 0.3 is 0 Å². The van der Waals surface area contributed by atoms with Gasteiger partial charge in [0, 0.05) is 43.3 Å². The third-order valence-electron chi connectivity index (χ3n) is 4.61. The highest BCUT2D eigenvalue weighted by Crippen LogP contribution is 2.18. The van der Waals surface area contributed by atoms with E-state index in [1.165, 1.54) is 10.6 Å². The number of aromatic nitrogens is 1. The van der Waals surface area contributed by atoms with Crippen LogP contribution in [-0.2, 0) is 26.0 Å². The summed E-state index contributed by atoms with van der Waals surface area (Å²) in [6, 6.07) is 7.82. The minimum Gasteiger partial charge on any atom is -0.377 e. The van der Waals surface area contributed by atoms with Crippen LogP contribution in [0.2, 0.25) is 0 Å². The van der Waals surface area contributed by atoms with Gasteiger partial charge in [0.2, 0.25) is 15.9 Å². The summed E-state index contributed by atoms with van der Waals surface area (Å²) in [7, 11) is -3.33. The quantitative estimate of drug-likeness (QED) is 0.722. The third kappa shape index (κ3) is 4.84. The van der Waals surface area contributed by atoms with Crippen molar-refractivity contribution in [2.45, 2.75) is 25.4 Å². The van der Waals surface area contributed by atoms with E-state index in [1.807, 2.05) is 30.5 Å². The SMILES string of the molecule is CS(=O)(=O)N(CCNC(=O)Cc1c[nH]c2ccccc12)CC1CCCO1. The predicted octanol–water partition coefficient (Wildman–Crippen LogP) is 1.27. The molecule has 8 heteroatoms. The molecule has 1 aromatic carbocycles. The second-order valence-corrected chi connectivity index (χ2v) is 8.62. The number of ether oxygens (including phenoxy) is 1. The molecule has 0 spiro atoms. The molecule has 2 heterocycles. The fourth-order valence-corrected chi connectivity index (χ4v) is 4.10. The van der Waals surface area contributed by atoms with E-state index in [2.05, 4.69) is 10.3 Å². The molecule has 1 fully saturated rings. The summed E-state index contributed by atoms with van der Waals surface area (Å²) in [5, 5.41) is 3.84. The summed E-state index contributed by atoms with van der Waals surface area (Å²) in [6.07, 6.45) is 5.07. The smallest absolute Gasteiger partial charge is 0.224 e. The maximum absolute atomic E-state index is 12.2. The standard InChI is InChI=1S/C18H25N3O4S/c1-26(23,24)21(13-15-5-4-10-25-15)9-8-19-18(22)11-14-12-20-17-7-3-2-6-16(14)17/h2-3,6-7,12,15,20H,4-5,8-11,13H2,1H3,(H,19,22). The van der Waals surface area contributed by atoms with Gasteiger partial charge in [0.15, 0.2) is 0 Å². The first-order valence-electron chi connectivity index (χ1n) is 8.82. The van der Waals surface area contributed by atoms with Gasteiger partial charge in [0.1, 0.15) is 0 Å². The van der Waals surface area contributed by atoms with Crippen molar-refractivity contribution in [1.82, 2.24) is 14.6 Å². The Morgan fingerprint density at radius 2 is 2.19 bits per heavy atom. The Morgan fingerprint density at radius 1 is 1.38 bits per heavy atom. The first kappa shape index (κ1) is 18.9. The number of aromatic amines is 1. The first-order chi connectivity index (χ1) is 12.4. The van der Waals surface area contributed by atoms with Gasteiger partial charge in [-0.2, -0.15) is 4.31 Å². The maximum Gasteiger partial charge on any atom is 0.224 e. The zero-order chi connectivity index (χ0) is 18.6. The highest BCUT2D eigenvalue weighted by atomic mass is 32.2. The second kappa shape index (κ2) is 8.20. The molecule has 1 aromatic heterocycles. The van der Waals surface area contributed by atoms with Crippen LogP contribution in [0.4, 0.5) is 0 Å². The van der Waals surface area contributed by atoms with Crippen LogP contribution in [0.15, 0.2) is 30.5 Å². The molecular formula is C18H25N3O4S. The van der Waals surface area contributed by atoms with Gasteiger partial charge < -0.3 is 15.0 Å². The lowest BCUT2D eigenvalue weighted by molar-refractivity contribution is -0.120. The maximum atomic E-state index is 12.2. The Morgan fingerprint density at radius 3 is 2.92 bits per heavy atom. The number of rotatable bonds is 8. The number of H-pyrrole nitrogens is 1. The largest absolute Gasteiger partial charge is 0.377 e. The van der Waals surface area contributed by atoms with E-state index in [0.29, 0.717) is 13.2 Å². The zero-order valence-electron chi connectivity index (χ0n) is 14.9. The van der Waals surface area contributed by atoms with E-state index in [-0.39, 0.29) is 31.5 Å². The van der Waals surface area contributed by atoms with E-state index in [0.717, 1.165) is 29.3 Å². The molecule has 2 N–H and O–H groups in total. The van der Waals surface area contributed by atoms with Gasteiger partial charge in [-0.25, -0.2) is 8.42 Å². The minimum atomic E-state index is -3.33. The van der Waals surface area contributed by atoms with Crippen LogP contribution in [0.3, 0.4) is 0 Å². The van der Waals surface area contributed by atoms with Crippen molar-refractivity contribution in [1.29, 1.82) is 0 Å². The molecule has 1 atom stereocenters. The first-order valence-corrected chi connectivity index (χ1v) is 10.7. The summed E-state index contributed by atoms with van der Waals surface area (Å²) >= 11 is 0. The Labute approximate surface area is 153 Å². The molecule has 1 unspecified atom stereocenters. The van der Waals surface area contributed by atoms with Gasteiger partial charge in [-0.1, -0.05) is 18.2 Å². The number of amides is 1. The van der Waals surface area contributed by atoms with Crippen molar-refractivity contribution in [3.8, 4) is 0 Å². The Hall–Kier alpha value is -1.90. The molecular weight excluding hydrogens is 354 g/mol. The lowest BCUT2D eigenvalue weighted by atomic mass is 10.1. The van der Waals surface area contributed by atoms with Crippen LogP contribution < -0.4 is 5.32 Å². The number of sulfonamides is 1. The molecule has 0 bridgehead atoms. The van der Waals surface area contributed by atoms with Crippen molar-refractivity contribution in [3.63, 3.8) is 0 Å². The van der Waals surface area contributed by atoms with Crippen LogP contribution in [-0.4, -0.2) is 62.2 Å². The summed E-state index contributed by atoms with van der Waals surface area (Å²) in [5.74, 6) is -0.125. The minimum absolute atomic E-state index is 0.0494. The van der Waals surface area contributed by atoms with Crippen LogP contribution in [0.1, 0.15) is 18.4 Å². The van der Waals surface area contributed by atoms with Crippen molar-refractivity contribution < 1.29 is 17.9 Å². The molecule has 26 heavy (non-hydrogen) atoms. The number of nitrogens with one attached hydrogen (secondary N) is 2. The summed E-state index contributed by atoms with van der Waals surface area (Å²) in [4.78, 5) is 15.4. The topological polar surface area (TPSA) is 91.5 Å². The van der Waals surface area contributed by atoms with E-state index in [9.17, 15) is 13.2 Å². The fourth-order valence-electron chi connectivity index (χ4n) is 3.24. The lowest BCUT2D eigenvalue weighted by Crippen LogP contribution is -2.42. The van der Waals surface area contributed by atoms with Crippen molar-refractivity contribution in [3.05, 3.63) is 36.0 Å². The molecule has 3 rings (SSSR count). The highest BCUT2D eigenvalue weighted by Gasteiger charge is 2.24. The number of benzene rings is 1. The molecule has 1 aliphatic rings. The van der Waals surface area contributed by atoms with Gasteiger partial charge in [-0.15, -0.1) is 0 Å². The Kier molecular flexibility index (Phi) is 5.95. The number of nitrogens with zero attached hydrogens (tertiary/aromatic N) is 1. The van der Waals surface area contributed by atoms with E-state index in [4.69, 9.17) is 4.74 Å². The normalized spacial score (nSPS) is 17.8. The van der Waals surface area contributed by atoms with Crippen LogP contribution in [0, 0.1) is 0 Å². The number of carbonyl (C=O) groups excluding carboxylic acids is 1. The van der Waals surface area contributed by atoms with Crippen molar-refractivity contribution >= 4 is 26.8 Å². The molecule has 1 aliphatic heterocycles. The number of hydrogen-bond acceptors (Lipinski definition) is 4. The monoisotopic (exact) mass is 379 g/mol. The van der Waals surface area contributed by atoms with E-state index < -0.39 is 10.0 Å². The van der Waals surface area contributed by atoms with Crippen molar-refractivity contribution in [2.75, 3.05) is 32.5 Å². The molecule has 0 radical (unpaired) electrons. The molecule has 0 aliphatic carbocycles. The number of carbonyl (C=O) groups is 1. The Balaban J connectivity index is 1.51.